The van der Waals surface area contributed by atoms with E-state index < -0.39 is 0 Å². The minimum absolute atomic E-state index is 0.150. The van der Waals surface area contributed by atoms with Crippen LogP contribution in [-0.4, -0.2) is 0 Å². The molecule has 0 amide bonds. The first kappa shape index (κ1) is 8.94. The molecule has 0 bridgehead atoms. The zero-order valence-corrected chi connectivity index (χ0v) is 8.99. The molecule has 0 saturated heterocycles. The molecule has 0 aliphatic carbocycles. The van der Waals surface area contributed by atoms with Gasteiger partial charge in [0.25, 0.3) is 0 Å². The fourth-order valence-corrected chi connectivity index (χ4v) is 2.71. The van der Waals surface area contributed by atoms with E-state index >= 15 is 0 Å². The average Bonchev–Trinajstić information content (AvgIpc) is 2.75. The summed E-state index contributed by atoms with van der Waals surface area (Å²) in [6.45, 7) is 2.02. The molecular weight excluding hydrogens is 198 g/mol. The van der Waals surface area contributed by atoms with Gasteiger partial charge in [-0.25, -0.2) is 0 Å². The van der Waals surface area contributed by atoms with Crippen LogP contribution in [0.2, 0.25) is 0 Å². The number of thiophene rings is 2. The van der Waals surface area contributed by atoms with Gasteiger partial charge >= 0.3 is 0 Å². The SMILES string of the molecule is C[C@@H](N)c1cc(-c2ccsc2)cs1. The Kier molecular flexibility index (Phi) is 2.49. The molecule has 0 aromatic carbocycles. The van der Waals surface area contributed by atoms with Gasteiger partial charge in [0.05, 0.1) is 0 Å². The molecule has 1 atom stereocenters. The highest BCUT2D eigenvalue weighted by Crippen LogP contribution is 2.29. The van der Waals surface area contributed by atoms with Gasteiger partial charge in [-0.3, -0.25) is 0 Å². The summed E-state index contributed by atoms with van der Waals surface area (Å²) >= 11 is 3.46. The second-order valence-electron chi connectivity index (χ2n) is 3.04. The Balaban J connectivity index is 2.33. The smallest absolute Gasteiger partial charge is 0.0361 e. The van der Waals surface area contributed by atoms with Crippen LogP contribution in [0.3, 0.4) is 0 Å². The summed E-state index contributed by atoms with van der Waals surface area (Å²) in [5.74, 6) is 0. The van der Waals surface area contributed by atoms with Crippen LogP contribution in [0.1, 0.15) is 17.8 Å². The van der Waals surface area contributed by atoms with Crippen molar-refractivity contribution in [3.63, 3.8) is 0 Å². The highest BCUT2D eigenvalue weighted by molar-refractivity contribution is 7.10. The lowest BCUT2D eigenvalue weighted by Crippen LogP contribution is -2.01. The van der Waals surface area contributed by atoms with Gasteiger partial charge in [-0.2, -0.15) is 11.3 Å². The van der Waals surface area contributed by atoms with E-state index in [9.17, 15) is 0 Å². The summed E-state index contributed by atoms with van der Waals surface area (Å²) in [6.07, 6.45) is 0. The van der Waals surface area contributed by atoms with Crippen molar-refractivity contribution < 1.29 is 0 Å². The van der Waals surface area contributed by atoms with Crippen molar-refractivity contribution >= 4 is 22.7 Å². The van der Waals surface area contributed by atoms with Gasteiger partial charge in [0.15, 0.2) is 0 Å². The maximum Gasteiger partial charge on any atom is 0.0361 e. The predicted octanol–water partition coefficient (Wildman–Crippen LogP) is 3.50. The Bertz CT molecular complexity index is 373. The molecule has 0 unspecified atom stereocenters. The number of nitrogens with two attached hydrogens (primary N) is 1. The lowest BCUT2D eigenvalue weighted by molar-refractivity contribution is 0.838. The summed E-state index contributed by atoms with van der Waals surface area (Å²) in [5, 5.41) is 6.42. The first-order valence-corrected chi connectivity index (χ1v) is 5.96. The molecule has 3 heteroatoms. The summed E-state index contributed by atoms with van der Waals surface area (Å²) in [4.78, 5) is 1.25. The molecule has 0 fully saturated rings. The van der Waals surface area contributed by atoms with Gasteiger partial charge < -0.3 is 5.73 Å². The van der Waals surface area contributed by atoms with Crippen LogP contribution in [-0.2, 0) is 0 Å². The second-order valence-corrected chi connectivity index (χ2v) is 4.76. The van der Waals surface area contributed by atoms with Crippen molar-refractivity contribution in [2.24, 2.45) is 5.73 Å². The van der Waals surface area contributed by atoms with Crippen LogP contribution in [0.15, 0.2) is 28.3 Å². The Hall–Kier alpha value is -0.640. The largest absolute Gasteiger partial charge is 0.324 e. The highest BCUT2D eigenvalue weighted by atomic mass is 32.1. The van der Waals surface area contributed by atoms with E-state index in [1.54, 1.807) is 22.7 Å². The summed E-state index contributed by atoms with van der Waals surface area (Å²) in [6, 6.07) is 4.46. The van der Waals surface area contributed by atoms with E-state index in [4.69, 9.17) is 5.73 Å². The molecule has 2 N–H and O–H groups in total. The van der Waals surface area contributed by atoms with Crippen molar-refractivity contribution in [1.82, 2.24) is 0 Å². The minimum Gasteiger partial charge on any atom is -0.324 e. The Labute approximate surface area is 85.8 Å². The molecule has 2 rings (SSSR count). The van der Waals surface area contributed by atoms with Crippen molar-refractivity contribution in [1.29, 1.82) is 0 Å². The molecule has 1 nitrogen and oxygen atoms in total. The standard InChI is InChI=1S/C10H11NS2/c1-7(11)10-4-9(6-13-10)8-2-3-12-5-8/h2-7H,11H2,1H3/t7-/m1/s1. The molecule has 0 saturated carbocycles. The third-order valence-corrected chi connectivity index (χ3v) is 3.74. The first-order valence-electron chi connectivity index (χ1n) is 4.14. The van der Waals surface area contributed by atoms with Gasteiger partial charge in [-0.05, 0) is 46.3 Å². The minimum atomic E-state index is 0.150. The van der Waals surface area contributed by atoms with Crippen molar-refractivity contribution in [3.8, 4) is 11.1 Å². The quantitative estimate of drug-likeness (QED) is 0.805. The van der Waals surface area contributed by atoms with Gasteiger partial charge in [-0.1, -0.05) is 0 Å². The number of hydrogen-bond donors (Lipinski definition) is 1. The monoisotopic (exact) mass is 209 g/mol. The Morgan fingerprint density at radius 1 is 1.31 bits per heavy atom. The van der Waals surface area contributed by atoms with Crippen molar-refractivity contribution in [2.45, 2.75) is 13.0 Å². The number of hydrogen-bond acceptors (Lipinski definition) is 3. The Morgan fingerprint density at radius 2 is 2.15 bits per heavy atom. The lowest BCUT2D eigenvalue weighted by atomic mass is 10.1. The molecule has 2 heterocycles. The van der Waals surface area contributed by atoms with Gasteiger partial charge in [-0.15, -0.1) is 11.3 Å². The number of rotatable bonds is 2. The average molecular weight is 209 g/mol. The van der Waals surface area contributed by atoms with Crippen molar-refractivity contribution in [2.75, 3.05) is 0 Å². The maximum absolute atomic E-state index is 5.79. The van der Waals surface area contributed by atoms with E-state index in [1.165, 1.54) is 16.0 Å². The molecular formula is C10H11NS2. The van der Waals surface area contributed by atoms with Crippen LogP contribution in [0, 0.1) is 0 Å². The highest BCUT2D eigenvalue weighted by Gasteiger charge is 2.05. The summed E-state index contributed by atoms with van der Waals surface area (Å²) in [5.41, 5.74) is 8.38. The van der Waals surface area contributed by atoms with Crippen LogP contribution >= 0.6 is 22.7 Å². The van der Waals surface area contributed by atoms with E-state index in [1.807, 2.05) is 6.92 Å². The summed E-state index contributed by atoms with van der Waals surface area (Å²) in [7, 11) is 0. The van der Waals surface area contributed by atoms with Crippen LogP contribution in [0.25, 0.3) is 11.1 Å². The summed E-state index contributed by atoms with van der Waals surface area (Å²) < 4.78 is 0. The van der Waals surface area contributed by atoms with E-state index in [0.717, 1.165) is 0 Å². The second kappa shape index (κ2) is 3.62. The molecule has 68 valence electrons. The fourth-order valence-electron chi connectivity index (χ4n) is 1.17. The zero-order valence-electron chi connectivity index (χ0n) is 7.36. The zero-order chi connectivity index (χ0) is 9.26. The molecule has 0 radical (unpaired) electrons. The van der Waals surface area contributed by atoms with Crippen LogP contribution in [0.5, 0.6) is 0 Å². The van der Waals surface area contributed by atoms with E-state index in [2.05, 4.69) is 28.3 Å². The van der Waals surface area contributed by atoms with Crippen LogP contribution in [0.4, 0.5) is 0 Å². The van der Waals surface area contributed by atoms with Gasteiger partial charge in [0, 0.05) is 10.9 Å². The Morgan fingerprint density at radius 3 is 2.69 bits per heavy atom. The molecule has 0 aliphatic rings. The van der Waals surface area contributed by atoms with Gasteiger partial charge in [0.1, 0.15) is 0 Å². The fraction of sp³-hybridized carbons (Fsp3) is 0.200. The predicted molar refractivity (Wildman–Crippen MR) is 60.2 cm³/mol. The third-order valence-electron chi connectivity index (χ3n) is 1.92. The maximum atomic E-state index is 5.79. The normalized spacial score (nSPS) is 13.1. The van der Waals surface area contributed by atoms with Crippen molar-refractivity contribution in [3.05, 3.63) is 33.2 Å². The third kappa shape index (κ3) is 1.82. The molecule has 13 heavy (non-hydrogen) atoms. The molecule has 2 aromatic rings. The molecule has 0 aliphatic heterocycles. The van der Waals surface area contributed by atoms with E-state index in [-0.39, 0.29) is 6.04 Å². The molecule has 0 spiro atoms. The topological polar surface area (TPSA) is 26.0 Å². The van der Waals surface area contributed by atoms with Crippen LogP contribution < -0.4 is 5.73 Å². The molecule has 2 aromatic heterocycles. The first-order chi connectivity index (χ1) is 6.27. The lowest BCUT2D eigenvalue weighted by Gasteiger charge is -1.97. The van der Waals surface area contributed by atoms with Gasteiger partial charge in [0.2, 0.25) is 0 Å². The van der Waals surface area contributed by atoms with E-state index in [0.29, 0.717) is 0 Å².